The molecule has 3 rings (SSSR count). The summed E-state index contributed by atoms with van der Waals surface area (Å²) in [5.74, 6) is 0. The lowest BCUT2D eigenvalue weighted by atomic mass is 10.0. The maximum atomic E-state index is 6.35. The molecule has 0 amide bonds. The lowest BCUT2D eigenvalue weighted by Gasteiger charge is -2.14. The van der Waals surface area contributed by atoms with Crippen molar-refractivity contribution in [2.45, 2.75) is 38.6 Å². The van der Waals surface area contributed by atoms with Crippen LogP contribution in [0.5, 0.6) is 0 Å². The lowest BCUT2D eigenvalue weighted by Crippen LogP contribution is -2.18. The highest BCUT2D eigenvalue weighted by Gasteiger charge is 2.22. The molecule has 2 heterocycles. The summed E-state index contributed by atoms with van der Waals surface area (Å²) in [4.78, 5) is 3.01. The Balaban J connectivity index is 1.86. The van der Waals surface area contributed by atoms with Gasteiger partial charge < -0.3 is 5.32 Å². The van der Waals surface area contributed by atoms with Crippen LogP contribution >= 0.6 is 22.9 Å². The molecule has 3 nitrogen and oxygen atoms in total. The van der Waals surface area contributed by atoms with Crippen molar-refractivity contribution in [1.29, 1.82) is 0 Å². The van der Waals surface area contributed by atoms with Gasteiger partial charge >= 0.3 is 0 Å². The number of halogens is 1. The average molecular weight is 310 g/mol. The van der Waals surface area contributed by atoms with Gasteiger partial charge in [-0.15, -0.1) is 11.3 Å². The molecule has 1 atom stereocenters. The number of aryl methyl sites for hydroxylation is 4. The average Bonchev–Trinajstić information content (AvgIpc) is 3.04. The van der Waals surface area contributed by atoms with Crippen molar-refractivity contribution >= 4 is 22.9 Å². The van der Waals surface area contributed by atoms with E-state index in [4.69, 9.17) is 11.6 Å². The van der Waals surface area contributed by atoms with E-state index in [2.05, 4.69) is 16.5 Å². The molecule has 0 bridgehead atoms. The number of rotatable bonds is 4. The Morgan fingerprint density at radius 2 is 2.30 bits per heavy atom. The zero-order valence-corrected chi connectivity index (χ0v) is 13.7. The van der Waals surface area contributed by atoms with Gasteiger partial charge in [-0.3, -0.25) is 4.68 Å². The predicted molar refractivity (Wildman–Crippen MR) is 84.8 cm³/mol. The number of fused-ring (bicyclic) bond motifs is 1. The number of likely N-dealkylation sites (N-methyl/N-ethyl adjacent to an activating group) is 1. The molecular formula is C15H20ClN3S. The summed E-state index contributed by atoms with van der Waals surface area (Å²) in [5, 5.41) is 8.59. The fourth-order valence-corrected chi connectivity index (χ4v) is 4.60. The van der Waals surface area contributed by atoms with Crippen LogP contribution < -0.4 is 5.32 Å². The van der Waals surface area contributed by atoms with Crippen LogP contribution in [0, 0.1) is 6.92 Å². The van der Waals surface area contributed by atoms with E-state index in [0.29, 0.717) is 6.04 Å². The van der Waals surface area contributed by atoms with E-state index >= 15 is 0 Å². The minimum Gasteiger partial charge on any atom is -0.312 e. The van der Waals surface area contributed by atoms with Crippen LogP contribution in [0.2, 0.25) is 5.15 Å². The van der Waals surface area contributed by atoms with Crippen molar-refractivity contribution in [3.05, 3.63) is 37.8 Å². The summed E-state index contributed by atoms with van der Waals surface area (Å²) >= 11 is 8.31. The van der Waals surface area contributed by atoms with Crippen molar-refractivity contribution in [1.82, 2.24) is 15.1 Å². The molecule has 1 N–H and O–H groups in total. The molecule has 0 radical (unpaired) electrons. The first-order valence-corrected chi connectivity index (χ1v) is 8.26. The maximum absolute atomic E-state index is 6.35. The normalized spacial score (nSPS) is 15.6. The monoisotopic (exact) mass is 309 g/mol. The molecule has 2 aromatic heterocycles. The molecular weight excluding hydrogens is 290 g/mol. The van der Waals surface area contributed by atoms with Crippen molar-refractivity contribution in [3.63, 3.8) is 0 Å². The predicted octanol–water partition coefficient (Wildman–Crippen LogP) is 3.44. The highest BCUT2D eigenvalue weighted by Crippen LogP contribution is 2.35. The third kappa shape index (κ3) is 2.41. The minimum atomic E-state index is 0.325. The molecule has 1 unspecified atom stereocenters. The lowest BCUT2D eigenvalue weighted by molar-refractivity contribution is 0.600. The van der Waals surface area contributed by atoms with Crippen LogP contribution in [0.15, 0.2) is 6.07 Å². The number of hydrogen-bond acceptors (Lipinski definition) is 3. The fraction of sp³-hybridized carbons (Fsp3) is 0.533. The van der Waals surface area contributed by atoms with E-state index in [1.165, 1.54) is 24.1 Å². The number of hydrogen-bond donors (Lipinski definition) is 1. The maximum Gasteiger partial charge on any atom is 0.130 e. The third-order valence-corrected chi connectivity index (χ3v) is 5.96. The smallest absolute Gasteiger partial charge is 0.130 e. The molecule has 2 aromatic rings. The van der Waals surface area contributed by atoms with Gasteiger partial charge in [-0.2, -0.15) is 5.10 Å². The van der Waals surface area contributed by atoms with Gasteiger partial charge in [-0.05, 0) is 51.3 Å². The summed E-state index contributed by atoms with van der Waals surface area (Å²) < 4.78 is 1.76. The van der Waals surface area contributed by atoms with Crippen molar-refractivity contribution in [3.8, 4) is 0 Å². The molecule has 20 heavy (non-hydrogen) atoms. The molecule has 0 spiro atoms. The van der Waals surface area contributed by atoms with Crippen LogP contribution in [-0.2, 0) is 26.3 Å². The molecule has 1 aliphatic carbocycles. The molecule has 0 aliphatic heterocycles. The van der Waals surface area contributed by atoms with Gasteiger partial charge in [0.2, 0.25) is 0 Å². The topological polar surface area (TPSA) is 29.9 Å². The van der Waals surface area contributed by atoms with E-state index in [-0.39, 0.29) is 0 Å². The quantitative estimate of drug-likeness (QED) is 0.937. The fourth-order valence-electron chi connectivity index (χ4n) is 2.98. The first-order chi connectivity index (χ1) is 9.60. The number of aromatic nitrogens is 2. The number of nitrogens with zero attached hydrogens (tertiary/aromatic N) is 2. The van der Waals surface area contributed by atoms with Gasteiger partial charge in [0.05, 0.1) is 5.69 Å². The number of nitrogens with one attached hydrogen (secondary N) is 1. The first-order valence-electron chi connectivity index (χ1n) is 7.07. The molecule has 5 heteroatoms. The Bertz CT molecular complexity index is 608. The molecule has 0 saturated heterocycles. The summed E-state index contributed by atoms with van der Waals surface area (Å²) in [6, 6.07) is 2.71. The van der Waals surface area contributed by atoms with Crippen LogP contribution in [-0.4, -0.2) is 16.8 Å². The van der Waals surface area contributed by atoms with Crippen LogP contribution in [0.1, 0.15) is 39.0 Å². The van der Waals surface area contributed by atoms with E-state index in [9.17, 15) is 0 Å². The van der Waals surface area contributed by atoms with Gasteiger partial charge in [-0.25, -0.2) is 0 Å². The largest absolute Gasteiger partial charge is 0.312 e. The van der Waals surface area contributed by atoms with Gasteiger partial charge in [0.15, 0.2) is 0 Å². The molecule has 0 saturated carbocycles. The van der Waals surface area contributed by atoms with E-state index in [0.717, 1.165) is 22.8 Å². The van der Waals surface area contributed by atoms with E-state index in [1.807, 2.05) is 32.4 Å². The van der Waals surface area contributed by atoms with Gasteiger partial charge in [0.1, 0.15) is 5.15 Å². The zero-order valence-electron chi connectivity index (χ0n) is 12.2. The first kappa shape index (κ1) is 14.1. The van der Waals surface area contributed by atoms with Crippen LogP contribution in [0.3, 0.4) is 0 Å². The second kappa shape index (κ2) is 5.51. The highest BCUT2D eigenvalue weighted by atomic mass is 35.5. The Kier molecular flexibility index (Phi) is 3.89. The van der Waals surface area contributed by atoms with E-state index in [1.54, 1.807) is 15.1 Å². The molecule has 0 fully saturated rings. The molecule has 108 valence electrons. The molecule has 1 aliphatic rings. The summed E-state index contributed by atoms with van der Waals surface area (Å²) in [7, 11) is 3.92. The number of thiophene rings is 1. The van der Waals surface area contributed by atoms with Gasteiger partial charge in [-0.1, -0.05) is 11.6 Å². The Morgan fingerprint density at radius 1 is 1.50 bits per heavy atom. The second-order valence-corrected chi connectivity index (χ2v) is 7.00. The summed E-state index contributed by atoms with van der Waals surface area (Å²) in [6.45, 7) is 2.03. The Labute approximate surface area is 129 Å². The van der Waals surface area contributed by atoms with Crippen LogP contribution in [0.4, 0.5) is 0 Å². The second-order valence-electron chi connectivity index (χ2n) is 5.47. The summed E-state index contributed by atoms with van der Waals surface area (Å²) in [6.07, 6.45) is 4.71. The zero-order chi connectivity index (χ0) is 14.3. The summed E-state index contributed by atoms with van der Waals surface area (Å²) in [5.41, 5.74) is 3.74. The van der Waals surface area contributed by atoms with E-state index < -0.39 is 0 Å². The van der Waals surface area contributed by atoms with Crippen molar-refractivity contribution < 1.29 is 0 Å². The third-order valence-electron chi connectivity index (χ3n) is 4.14. The van der Waals surface area contributed by atoms with Gasteiger partial charge in [0.25, 0.3) is 0 Å². The van der Waals surface area contributed by atoms with Crippen molar-refractivity contribution in [2.75, 3.05) is 7.05 Å². The highest BCUT2D eigenvalue weighted by molar-refractivity contribution is 7.12. The van der Waals surface area contributed by atoms with Gasteiger partial charge in [0, 0.05) is 28.4 Å². The minimum absolute atomic E-state index is 0.325. The van der Waals surface area contributed by atoms with Crippen LogP contribution in [0.25, 0.3) is 0 Å². The standard InChI is InChI=1S/C15H20ClN3S/c1-9-11(15(16)19(3)18-9)8-12(17-2)14-7-10-5-4-6-13(10)20-14/h7,12,17H,4-6,8H2,1-3H3. The molecule has 0 aromatic carbocycles. The SMILES string of the molecule is CNC(Cc1c(C)nn(C)c1Cl)c1cc2c(s1)CCC2. The Hall–Kier alpha value is -0.840. The Morgan fingerprint density at radius 3 is 2.90 bits per heavy atom. The van der Waals surface area contributed by atoms with Crippen molar-refractivity contribution in [2.24, 2.45) is 7.05 Å².